The lowest BCUT2D eigenvalue weighted by Gasteiger charge is -2.38. The Morgan fingerprint density at radius 3 is 2.74 bits per heavy atom. The summed E-state index contributed by atoms with van der Waals surface area (Å²) in [5.74, 6) is -0.201. The molecule has 1 saturated heterocycles. The third kappa shape index (κ3) is 3.28. The summed E-state index contributed by atoms with van der Waals surface area (Å²) in [6, 6.07) is 4.93. The van der Waals surface area contributed by atoms with Crippen molar-refractivity contribution in [3.05, 3.63) is 34.6 Å². The minimum atomic E-state index is -0.240. The third-order valence-corrected chi connectivity index (χ3v) is 4.15. The van der Waals surface area contributed by atoms with E-state index in [2.05, 4.69) is 12.2 Å². The Morgan fingerprint density at radius 1 is 1.37 bits per heavy atom. The molecule has 0 aliphatic carbocycles. The molecule has 1 heterocycles. The summed E-state index contributed by atoms with van der Waals surface area (Å²) in [6.07, 6.45) is 2.69. The molecular formula is C15H21ClFNO. The van der Waals surface area contributed by atoms with Crippen molar-refractivity contribution in [1.82, 2.24) is 5.32 Å². The van der Waals surface area contributed by atoms with Crippen LogP contribution in [0.25, 0.3) is 0 Å². The fraction of sp³-hybridized carbons (Fsp3) is 0.600. The summed E-state index contributed by atoms with van der Waals surface area (Å²) >= 11 is 6.26. The van der Waals surface area contributed by atoms with Gasteiger partial charge in [-0.1, -0.05) is 24.6 Å². The summed E-state index contributed by atoms with van der Waals surface area (Å²) in [4.78, 5) is 0. The average Bonchev–Trinajstić information content (AvgIpc) is 2.40. The molecule has 0 saturated carbocycles. The van der Waals surface area contributed by atoms with Gasteiger partial charge in [-0.2, -0.15) is 0 Å². The van der Waals surface area contributed by atoms with E-state index in [1.165, 1.54) is 6.07 Å². The first-order valence-electron chi connectivity index (χ1n) is 6.92. The molecule has 1 aliphatic heterocycles. The number of rotatable bonds is 5. The van der Waals surface area contributed by atoms with Crippen molar-refractivity contribution in [3.63, 3.8) is 0 Å². The van der Waals surface area contributed by atoms with Crippen LogP contribution < -0.4 is 5.32 Å². The van der Waals surface area contributed by atoms with Gasteiger partial charge < -0.3 is 10.1 Å². The molecular weight excluding hydrogens is 265 g/mol. The van der Waals surface area contributed by atoms with Gasteiger partial charge in [-0.15, -0.1) is 0 Å². The Kier molecular flexibility index (Phi) is 5.20. The Balaban J connectivity index is 2.30. The second-order valence-electron chi connectivity index (χ2n) is 5.17. The van der Waals surface area contributed by atoms with E-state index in [1.807, 2.05) is 0 Å². The number of benzene rings is 1. The zero-order chi connectivity index (χ0) is 13.7. The van der Waals surface area contributed by atoms with Gasteiger partial charge >= 0.3 is 0 Å². The van der Waals surface area contributed by atoms with Crippen LogP contribution in [0, 0.1) is 5.82 Å². The third-order valence-electron chi connectivity index (χ3n) is 3.83. The standard InChI is InChI=1S/C15H21ClFNO/c1-2-8-18-11-15(6-9-19-10-7-15)14-12(16)4-3-5-13(14)17/h3-5,18H,2,6-11H2,1H3. The lowest BCUT2D eigenvalue weighted by Crippen LogP contribution is -2.43. The predicted molar refractivity (Wildman–Crippen MR) is 76.3 cm³/mol. The van der Waals surface area contributed by atoms with Crippen molar-refractivity contribution < 1.29 is 9.13 Å². The van der Waals surface area contributed by atoms with Crippen molar-refractivity contribution in [1.29, 1.82) is 0 Å². The van der Waals surface area contributed by atoms with E-state index in [1.54, 1.807) is 12.1 Å². The van der Waals surface area contributed by atoms with Gasteiger partial charge in [0.05, 0.1) is 0 Å². The Labute approximate surface area is 119 Å². The molecule has 1 aliphatic rings. The molecule has 0 amide bonds. The van der Waals surface area contributed by atoms with E-state index in [-0.39, 0.29) is 11.2 Å². The van der Waals surface area contributed by atoms with Crippen molar-refractivity contribution >= 4 is 11.6 Å². The molecule has 1 aromatic rings. The lowest BCUT2D eigenvalue weighted by atomic mass is 9.73. The van der Waals surface area contributed by atoms with Crippen molar-refractivity contribution in [2.75, 3.05) is 26.3 Å². The first kappa shape index (κ1) is 14.8. The van der Waals surface area contributed by atoms with Gasteiger partial charge in [-0.05, 0) is 37.9 Å². The largest absolute Gasteiger partial charge is 0.381 e. The first-order valence-corrected chi connectivity index (χ1v) is 7.30. The quantitative estimate of drug-likeness (QED) is 0.836. The molecule has 1 aromatic carbocycles. The van der Waals surface area contributed by atoms with Crippen LogP contribution in [0.5, 0.6) is 0 Å². The molecule has 4 heteroatoms. The van der Waals surface area contributed by atoms with Crippen molar-refractivity contribution in [2.45, 2.75) is 31.6 Å². The van der Waals surface area contributed by atoms with Crippen LogP contribution in [-0.2, 0) is 10.2 Å². The van der Waals surface area contributed by atoms with Gasteiger partial charge in [0.1, 0.15) is 5.82 Å². The van der Waals surface area contributed by atoms with E-state index in [9.17, 15) is 4.39 Å². The number of halogens is 2. The summed E-state index contributed by atoms with van der Waals surface area (Å²) in [6.45, 7) is 5.15. The van der Waals surface area contributed by atoms with Crippen LogP contribution in [-0.4, -0.2) is 26.3 Å². The monoisotopic (exact) mass is 285 g/mol. The smallest absolute Gasteiger partial charge is 0.128 e. The minimum Gasteiger partial charge on any atom is -0.381 e. The second-order valence-corrected chi connectivity index (χ2v) is 5.57. The van der Waals surface area contributed by atoms with E-state index in [0.29, 0.717) is 23.8 Å². The van der Waals surface area contributed by atoms with Crippen LogP contribution in [0.15, 0.2) is 18.2 Å². The van der Waals surface area contributed by atoms with Gasteiger partial charge in [-0.25, -0.2) is 4.39 Å². The second kappa shape index (κ2) is 6.69. The highest BCUT2D eigenvalue weighted by Gasteiger charge is 2.37. The molecule has 1 N–H and O–H groups in total. The van der Waals surface area contributed by atoms with Crippen LogP contribution in [0.2, 0.25) is 5.02 Å². The summed E-state index contributed by atoms with van der Waals surface area (Å²) in [5.41, 5.74) is 0.416. The Hall–Kier alpha value is -0.640. The van der Waals surface area contributed by atoms with Crippen molar-refractivity contribution in [2.24, 2.45) is 0 Å². The van der Waals surface area contributed by atoms with Gasteiger partial charge in [0.2, 0.25) is 0 Å². The fourth-order valence-electron chi connectivity index (χ4n) is 2.79. The molecule has 2 rings (SSSR count). The topological polar surface area (TPSA) is 21.3 Å². The van der Waals surface area contributed by atoms with E-state index >= 15 is 0 Å². The van der Waals surface area contributed by atoms with Gasteiger partial charge in [0, 0.05) is 35.8 Å². The molecule has 0 bridgehead atoms. The SMILES string of the molecule is CCCNCC1(c2c(F)cccc2Cl)CCOCC1. The number of hydrogen-bond acceptors (Lipinski definition) is 2. The molecule has 106 valence electrons. The summed E-state index contributed by atoms with van der Waals surface area (Å²) in [5, 5.41) is 3.95. The molecule has 0 aromatic heterocycles. The fourth-order valence-corrected chi connectivity index (χ4v) is 3.15. The van der Waals surface area contributed by atoms with Gasteiger partial charge in [0.25, 0.3) is 0 Å². The van der Waals surface area contributed by atoms with Crippen LogP contribution in [0.4, 0.5) is 4.39 Å². The number of hydrogen-bond donors (Lipinski definition) is 1. The molecule has 0 spiro atoms. The van der Waals surface area contributed by atoms with E-state index in [4.69, 9.17) is 16.3 Å². The molecule has 0 unspecified atom stereocenters. The number of ether oxygens (including phenoxy) is 1. The summed E-state index contributed by atoms with van der Waals surface area (Å²) in [7, 11) is 0. The molecule has 0 atom stereocenters. The predicted octanol–water partition coefficient (Wildman–Crippen LogP) is 3.53. The van der Waals surface area contributed by atoms with Gasteiger partial charge in [-0.3, -0.25) is 0 Å². The average molecular weight is 286 g/mol. The highest BCUT2D eigenvalue weighted by atomic mass is 35.5. The van der Waals surface area contributed by atoms with Crippen LogP contribution in [0.1, 0.15) is 31.7 Å². The highest BCUT2D eigenvalue weighted by Crippen LogP contribution is 2.39. The van der Waals surface area contributed by atoms with Gasteiger partial charge in [0.15, 0.2) is 0 Å². The highest BCUT2D eigenvalue weighted by molar-refractivity contribution is 6.31. The number of nitrogens with one attached hydrogen (secondary N) is 1. The summed E-state index contributed by atoms with van der Waals surface area (Å²) < 4.78 is 19.7. The Bertz CT molecular complexity index is 398. The van der Waals surface area contributed by atoms with E-state index < -0.39 is 0 Å². The lowest BCUT2D eigenvalue weighted by molar-refractivity contribution is 0.0488. The molecule has 1 fully saturated rings. The normalized spacial score (nSPS) is 18.5. The molecule has 19 heavy (non-hydrogen) atoms. The zero-order valence-corrected chi connectivity index (χ0v) is 12.1. The Morgan fingerprint density at radius 2 is 2.11 bits per heavy atom. The zero-order valence-electron chi connectivity index (χ0n) is 11.3. The maximum Gasteiger partial charge on any atom is 0.128 e. The maximum atomic E-state index is 14.2. The van der Waals surface area contributed by atoms with Crippen molar-refractivity contribution in [3.8, 4) is 0 Å². The minimum absolute atomic E-state index is 0.201. The van der Waals surface area contributed by atoms with Crippen LogP contribution >= 0.6 is 11.6 Å². The molecule has 2 nitrogen and oxygen atoms in total. The van der Waals surface area contributed by atoms with Crippen LogP contribution in [0.3, 0.4) is 0 Å². The molecule has 0 radical (unpaired) electrons. The maximum absolute atomic E-state index is 14.2. The van der Waals surface area contributed by atoms with E-state index in [0.717, 1.165) is 32.4 Å². The first-order chi connectivity index (χ1) is 9.19.